The first kappa shape index (κ1) is 13.7. The van der Waals surface area contributed by atoms with E-state index in [9.17, 15) is 0 Å². The number of nitrogen functional groups attached to an aromatic ring is 1. The molecule has 0 fully saturated rings. The summed E-state index contributed by atoms with van der Waals surface area (Å²) >= 11 is 6.19. The van der Waals surface area contributed by atoms with Crippen molar-refractivity contribution in [3.63, 3.8) is 0 Å². The quantitative estimate of drug-likeness (QED) is 0.686. The highest BCUT2D eigenvalue weighted by molar-refractivity contribution is 6.32. The molecular weight excluding hydrogens is 284 g/mol. The molecule has 106 valence electrons. The summed E-state index contributed by atoms with van der Waals surface area (Å²) < 4.78 is 6.01. The third-order valence-corrected chi connectivity index (χ3v) is 3.96. The molecule has 4 heteroatoms. The zero-order valence-electron chi connectivity index (χ0n) is 11.9. The van der Waals surface area contributed by atoms with E-state index < -0.39 is 0 Å². The molecule has 0 aliphatic heterocycles. The molecule has 0 unspecified atom stereocenters. The topological polar surface area (TPSA) is 48.1 Å². The molecule has 1 aromatic heterocycles. The van der Waals surface area contributed by atoms with Crippen LogP contribution >= 0.6 is 11.6 Å². The molecule has 3 aromatic rings. The van der Waals surface area contributed by atoms with E-state index in [1.54, 1.807) is 6.20 Å². The van der Waals surface area contributed by atoms with Crippen LogP contribution < -0.4 is 10.5 Å². The minimum atomic E-state index is 0.685. The maximum atomic E-state index is 6.19. The van der Waals surface area contributed by atoms with E-state index in [-0.39, 0.29) is 0 Å². The largest absolute Gasteiger partial charge is 0.457 e. The first-order valence-corrected chi connectivity index (χ1v) is 7.01. The van der Waals surface area contributed by atoms with Gasteiger partial charge in [-0.15, -0.1) is 0 Å². The summed E-state index contributed by atoms with van der Waals surface area (Å²) in [4.78, 5) is 4.31. The summed E-state index contributed by atoms with van der Waals surface area (Å²) in [5, 5.41) is 1.70. The molecule has 0 saturated heterocycles. The minimum absolute atomic E-state index is 0.685. The predicted octanol–water partition coefficient (Wildman–Crippen LogP) is 4.88. The molecule has 0 aliphatic carbocycles. The Morgan fingerprint density at radius 2 is 1.76 bits per heavy atom. The van der Waals surface area contributed by atoms with Crippen LogP contribution in [0, 0.1) is 13.8 Å². The van der Waals surface area contributed by atoms with E-state index in [4.69, 9.17) is 22.1 Å². The Hall–Kier alpha value is -2.26. The lowest BCUT2D eigenvalue weighted by Gasteiger charge is -2.11. The molecule has 3 rings (SSSR count). The second kappa shape index (κ2) is 5.26. The van der Waals surface area contributed by atoms with Gasteiger partial charge in [0.1, 0.15) is 11.5 Å². The number of nitrogens with two attached hydrogens (primary N) is 1. The molecule has 3 nitrogen and oxygen atoms in total. The normalized spacial score (nSPS) is 10.8. The summed E-state index contributed by atoms with van der Waals surface area (Å²) in [5.74, 6) is 1.51. The average Bonchev–Trinajstić information content (AvgIpc) is 2.44. The second-order valence-corrected chi connectivity index (χ2v) is 5.44. The van der Waals surface area contributed by atoms with Gasteiger partial charge in [0.25, 0.3) is 0 Å². The number of pyridine rings is 1. The Morgan fingerprint density at radius 1 is 1.05 bits per heavy atom. The molecule has 1 heterocycles. The van der Waals surface area contributed by atoms with Crippen molar-refractivity contribution in [3.8, 4) is 11.5 Å². The Labute approximate surface area is 128 Å². The van der Waals surface area contributed by atoms with Crippen molar-refractivity contribution in [1.82, 2.24) is 4.98 Å². The van der Waals surface area contributed by atoms with E-state index in [0.717, 1.165) is 38.6 Å². The highest BCUT2D eigenvalue weighted by Crippen LogP contribution is 2.32. The number of rotatable bonds is 2. The molecule has 2 N–H and O–H groups in total. The Kier molecular flexibility index (Phi) is 3.43. The van der Waals surface area contributed by atoms with Crippen molar-refractivity contribution in [3.05, 3.63) is 58.7 Å². The van der Waals surface area contributed by atoms with Gasteiger partial charge in [0.2, 0.25) is 0 Å². The maximum Gasteiger partial charge on any atom is 0.138 e. The zero-order valence-corrected chi connectivity index (χ0v) is 12.6. The molecule has 0 spiro atoms. The van der Waals surface area contributed by atoms with Crippen molar-refractivity contribution in [1.29, 1.82) is 0 Å². The minimum Gasteiger partial charge on any atom is -0.457 e. The van der Waals surface area contributed by atoms with Crippen molar-refractivity contribution < 1.29 is 4.74 Å². The second-order valence-electron chi connectivity index (χ2n) is 5.06. The summed E-state index contributed by atoms with van der Waals surface area (Å²) in [6, 6.07) is 11.3. The number of aromatic nitrogens is 1. The van der Waals surface area contributed by atoms with Crippen LogP contribution in [0.3, 0.4) is 0 Å². The monoisotopic (exact) mass is 298 g/mol. The van der Waals surface area contributed by atoms with Crippen molar-refractivity contribution >= 4 is 28.2 Å². The van der Waals surface area contributed by atoms with Crippen LogP contribution in [0.1, 0.15) is 11.1 Å². The lowest BCUT2D eigenvalue weighted by Crippen LogP contribution is -1.91. The van der Waals surface area contributed by atoms with Crippen LogP contribution in [0.15, 0.2) is 42.6 Å². The Morgan fingerprint density at radius 3 is 2.48 bits per heavy atom. The van der Waals surface area contributed by atoms with Gasteiger partial charge in [-0.2, -0.15) is 0 Å². The van der Waals surface area contributed by atoms with Gasteiger partial charge in [-0.25, -0.2) is 0 Å². The molecule has 0 atom stereocenters. The van der Waals surface area contributed by atoms with Crippen LogP contribution in [-0.4, -0.2) is 4.98 Å². The average molecular weight is 299 g/mol. The number of fused-ring (bicyclic) bond motifs is 1. The smallest absolute Gasteiger partial charge is 0.138 e. The van der Waals surface area contributed by atoms with E-state index >= 15 is 0 Å². The van der Waals surface area contributed by atoms with Crippen LogP contribution in [0.2, 0.25) is 5.02 Å². The van der Waals surface area contributed by atoms with Gasteiger partial charge in [0.15, 0.2) is 0 Å². The molecule has 0 aliphatic rings. The molecule has 0 saturated carbocycles. The SMILES string of the molecule is Cc1cc(Oc2ccnc3cc(N)ccc23)cc(C)c1Cl. The highest BCUT2D eigenvalue weighted by atomic mass is 35.5. The number of ether oxygens (including phenoxy) is 1. The number of nitrogens with zero attached hydrogens (tertiary/aromatic N) is 1. The number of anilines is 1. The Balaban J connectivity index is 2.06. The van der Waals surface area contributed by atoms with Crippen molar-refractivity contribution in [2.24, 2.45) is 0 Å². The van der Waals surface area contributed by atoms with Gasteiger partial charge in [-0.05, 0) is 61.4 Å². The van der Waals surface area contributed by atoms with Crippen molar-refractivity contribution in [2.45, 2.75) is 13.8 Å². The molecule has 21 heavy (non-hydrogen) atoms. The number of aryl methyl sites for hydroxylation is 2. The van der Waals surface area contributed by atoms with Crippen molar-refractivity contribution in [2.75, 3.05) is 5.73 Å². The number of hydrogen-bond donors (Lipinski definition) is 1. The van der Waals surface area contributed by atoms with Gasteiger partial charge in [-0.1, -0.05) is 11.6 Å². The fourth-order valence-corrected chi connectivity index (χ4v) is 2.43. The maximum absolute atomic E-state index is 6.19. The van der Waals surface area contributed by atoms with Crippen LogP contribution in [0.4, 0.5) is 5.69 Å². The van der Waals surface area contributed by atoms with Gasteiger partial charge < -0.3 is 10.5 Å². The predicted molar refractivity (Wildman–Crippen MR) is 87.2 cm³/mol. The van der Waals surface area contributed by atoms with Gasteiger partial charge in [0.05, 0.1) is 5.52 Å². The van der Waals surface area contributed by atoms with E-state index in [1.165, 1.54) is 0 Å². The fourth-order valence-electron chi connectivity index (χ4n) is 2.32. The molecule has 0 amide bonds. The first-order chi connectivity index (χ1) is 10.0. The van der Waals surface area contributed by atoms with Gasteiger partial charge in [0, 0.05) is 22.3 Å². The van der Waals surface area contributed by atoms with Crippen LogP contribution in [0.5, 0.6) is 11.5 Å². The molecule has 0 radical (unpaired) electrons. The summed E-state index contributed by atoms with van der Waals surface area (Å²) in [7, 11) is 0. The van der Waals surface area contributed by atoms with Gasteiger partial charge in [-0.3, -0.25) is 4.98 Å². The first-order valence-electron chi connectivity index (χ1n) is 6.63. The summed E-state index contributed by atoms with van der Waals surface area (Å²) in [6.45, 7) is 3.93. The summed E-state index contributed by atoms with van der Waals surface area (Å²) in [6.07, 6.45) is 1.72. The van der Waals surface area contributed by atoms with Crippen LogP contribution in [0.25, 0.3) is 10.9 Å². The van der Waals surface area contributed by atoms with E-state index in [0.29, 0.717) is 5.69 Å². The lowest BCUT2D eigenvalue weighted by atomic mass is 10.1. The van der Waals surface area contributed by atoms with E-state index in [1.807, 2.05) is 50.2 Å². The highest BCUT2D eigenvalue weighted by Gasteiger charge is 2.08. The standard InChI is InChI=1S/C17H15ClN2O/c1-10-7-13(8-11(2)17(10)18)21-16-5-6-20-15-9-12(19)3-4-14(15)16/h3-9H,19H2,1-2H3. The number of hydrogen-bond acceptors (Lipinski definition) is 3. The van der Waals surface area contributed by atoms with E-state index in [2.05, 4.69) is 4.98 Å². The Bertz CT molecular complexity index is 807. The number of halogens is 1. The lowest BCUT2D eigenvalue weighted by molar-refractivity contribution is 0.487. The number of benzene rings is 2. The van der Waals surface area contributed by atoms with Crippen LogP contribution in [-0.2, 0) is 0 Å². The molecule has 0 bridgehead atoms. The van der Waals surface area contributed by atoms with Gasteiger partial charge >= 0.3 is 0 Å². The molecule has 2 aromatic carbocycles. The molecular formula is C17H15ClN2O. The zero-order chi connectivity index (χ0) is 15.0. The third-order valence-electron chi connectivity index (χ3n) is 3.36. The third kappa shape index (κ3) is 2.65. The summed E-state index contributed by atoms with van der Waals surface area (Å²) in [5.41, 5.74) is 9.28. The fraction of sp³-hybridized carbons (Fsp3) is 0.118.